The van der Waals surface area contributed by atoms with E-state index in [-0.39, 0.29) is 18.3 Å². The molecular weight excluding hydrogens is 359 g/mol. The summed E-state index contributed by atoms with van der Waals surface area (Å²) in [6, 6.07) is 11.9. The first-order chi connectivity index (χ1) is 12.9. The van der Waals surface area contributed by atoms with Gasteiger partial charge in [-0.25, -0.2) is 9.79 Å². The lowest BCUT2D eigenvalue weighted by atomic mass is 10.1. The van der Waals surface area contributed by atoms with Crippen LogP contribution in [-0.4, -0.2) is 24.7 Å². The minimum absolute atomic E-state index is 0.00805. The zero-order valence-electron chi connectivity index (χ0n) is 14.1. The third-order valence-electron chi connectivity index (χ3n) is 3.86. The second-order valence-electron chi connectivity index (χ2n) is 5.93. The molecule has 1 aliphatic heterocycles. The number of amides is 1. The van der Waals surface area contributed by atoms with E-state index in [2.05, 4.69) is 15.3 Å². The summed E-state index contributed by atoms with van der Waals surface area (Å²) < 4.78 is 43.1. The van der Waals surface area contributed by atoms with E-state index in [1.165, 1.54) is 18.5 Å². The van der Waals surface area contributed by atoms with Crippen molar-refractivity contribution < 1.29 is 22.7 Å². The average molecular weight is 375 g/mol. The molecule has 5 nitrogen and oxygen atoms in total. The van der Waals surface area contributed by atoms with E-state index in [4.69, 9.17) is 4.74 Å². The number of rotatable bonds is 5. The van der Waals surface area contributed by atoms with Gasteiger partial charge in [0.2, 0.25) is 0 Å². The fraction of sp³-hybridized carbons (Fsp3) is 0.211. The Hall–Kier alpha value is -3.16. The van der Waals surface area contributed by atoms with Crippen LogP contribution in [0, 0.1) is 0 Å². The number of carbonyl (C=O) groups excluding carboxylic acids is 1. The summed E-state index contributed by atoms with van der Waals surface area (Å²) >= 11 is 0. The van der Waals surface area contributed by atoms with Gasteiger partial charge < -0.3 is 4.74 Å². The van der Waals surface area contributed by atoms with Gasteiger partial charge in [0.1, 0.15) is 12.9 Å². The lowest BCUT2D eigenvalue weighted by Crippen LogP contribution is -2.14. The van der Waals surface area contributed by atoms with E-state index >= 15 is 0 Å². The van der Waals surface area contributed by atoms with E-state index < -0.39 is 17.8 Å². The van der Waals surface area contributed by atoms with Gasteiger partial charge in [0, 0.05) is 11.9 Å². The van der Waals surface area contributed by atoms with Crippen LogP contribution in [0.3, 0.4) is 0 Å². The predicted molar refractivity (Wildman–Crippen MR) is 96.2 cm³/mol. The van der Waals surface area contributed by atoms with Gasteiger partial charge in [-0.3, -0.25) is 10.3 Å². The maximum absolute atomic E-state index is 12.7. The van der Waals surface area contributed by atoms with E-state index in [1.807, 2.05) is 24.3 Å². The maximum Gasteiger partial charge on any atom is 0.416 e. The predicted octanol–water partition coefficient (Wildman–Crippen LogP) is 4.48. The van der Waals surface area contributed by atoms with Crippen LogP contribution in [-0.2, 0) is 23.9 Å². The Morgan fingerprint density at radius 2 is 1.85 bits per heavy atom. The molecule has 0 bridgehead atoms. The van der Waals surface area contributed by atoms with Crippen LogP contribution in [0.15, 0.2) is 58.5 Å². The summed E-state index contributed by atoms with van der Waals surface area (Å²) in [5.74, 6) is 0. The van der Waals surface area contributed by atoms with Crippen molar-refractivity contribution in [3.63, 3.8) is 0 Å². The quantitative estimate of drug-likeness (QED) is 0.838. The van der Waals surface area contributed by atoms with E-state index in [1.54, 1.807) is 6.21 Å². The number of benzene rings is 2. The van der Waals surface area contributed by atoms with Crippen molar-refractivity contribution in [2.75, 3.05) is 5.32 Å². The summed E-state index contributed by atoms with van der Waals surface area (Å²) in [5.41, 5.74) is 1.01. The van der Waals surface area contributed by atoms with Crippen molar-refractivity contribution in [3.8, 4) is 0 Å². The Morgan fingerprint density at radius 3 is 2.52 bits per heavy atom. The first-order valence-electron chi connectivity index (χ1n) is 8.14. The van der Waals surface area contributed by atoms with Gasteiger partial charge in [-0.15, -0.1) is 0 Å². The van der Waals surface area contributed by atoms with Crippen LogP contribution < -0.4 is 5.32 Å². The van der Waals surface area contributed by atoms with Crippen molar-refractivity contribution in [3.05, 3.63) is 65.2 Å². The van der Waals surface area contributed by atoms with Crippen molar-refractivity contribution in [2.24, 2.45) is 9.98 Å². The highest BCUT2D eigenvalue weighted by atomic mass is 19.4. The number of nitrogens with one attached hydrogen (secondary N) is 1. The molecule has 27 heavy (non-hydrogen) atoms. The zero-order chi connectivity index (χ0) is 19.3. The number of ether oxygens (including phenoxy) is 1. The number of anilines is 1. The molecule has 2 aromatic rings. The summed E-state index contributed by atoms with van der Waals surface area (Å²) in [6.45, 7) is 0.00805. The summed E-state index contributed by atoms with van der Waals surface area (Å²) in [7, 11) is 0. The highest BCUT2D eigenvalue weighted by Gasteiger charge is 2.30. The molecule has 8 heteroatoms. The summed E-state index contributed by atoms with van der Waals surface area (Å²) in [4.78, 5) is 19.9. The standard InChI is InChI=1S/C19H16F3N3O2/c20-19(21,22)15-2-1-3-16(9-15)25-18(26)27-11-14-6-4-13(5-7-14)8-17-10-23-12-24-17/h1-7,9-10,12,17H,8,11H2,(H,25,26). The molecule has 0 saturated heterocycles. The van der Waals surface area contributed by atoms with E-state index in [9.17, 15) is 18.0 Å². The molecule has 3 rings (SSSR count). The molecule has 140 valence electrons. The second kappa shape index (κ2) is 8.03. The molecule has 1 amide bonds. The molecular formula is C19H16F3N3O2. The number of hydrogen-bond acceptors (Lipinski definition) is 4. The number of halogens is 3. The molecule has 1 N–H and O–H groups in total. The minimum Gasteiger partial charge on any atom is -0.444 e. The Kier molecular flexibility index (Phi) is 5.54. The van der Waals surface area contributed by atoms with Crippen LogP contribution in [0.4, 0.5) is 23.7 Å². The smallest absolute Gasteiger partial charge is 0.416 e. The van der Waals surface area contributed by atoms with Crippen molar-refractivity contribution >= 4 is 24.3 Å². The molecule has 2 aromatic carbocycles. The van der Waals surface area contributed by atoms with E-state index in [0.29, 0.717) is 0 Å². The largest absolute Gasteiger partial charge is 0.444 e. The first kappa shape index (κ1) is 18.6. The van der Waals surface area contributed by atoms with Crippen LogP contribution in [0.2, 0.25) is 0 Å². The third kappa shape index (κ3) is 5.40. The van der Waals surface area contributed by atoms with Gasteiger partial charge in [0.15, 0.2) is 0 Å². The molecule has 1 aliphatic rings. The lowest BCUT2D eigenvalue weighted by molar-refractivity contribution is -0.137. The molecule has 0 aliphatic carbocycles. The van der Waals surface area contributed by atoms with E-state index in [0.717, 1.165) is 29.7 Å². The molecule has 1 unspecified atom stereocenters. The van der Waals surface area contributed by atoms with Gasteiger partial charge in [0.25, 0.3) is 0 Å². The number of alkyl halides is 3. The third-order valence-corrected chi connectivity index (χ3v) is 3.86. The number of hydrogen-bond donors (Lipinski definition) is 1. The van der Waals surface area contributed by atoms with Crippen molar-refractivity contribution in [1.29, 1.82) is 0 Å². The summed E-state index contributed by atoms with van der Waals surface area (Å²) in [6.07, 6.45) is -1.27. The Morgan fingerprint density at radius 1 is 1.11 bits per heavy atom. The highest BCUT2D eigenvalue weighted by molar-refractivity contribution is 5.84. The average Bonchev–Trinajstić information content (AvgIpc) is 3.14. The highest BCUT2D eigenvalue weighted by Crippen LogP contribution is 2.30. The molecule has 0 fully saturated rings. The van der Waals surface area contributed by atoms with Gasteiger partial charge in [-0.1, -0.05) is 30.3 Å². The fourth-order valence-corrected chi connectivity index (χ4v) is 2.50. The Balaban J connectivity index is 1.50. The molecule has 0 spiro atoms. The van der Waals surface area contributed by atoms with Gasteiger partial charge in [-0.05, 0) is 35.7 Å². The number of carbonyl (C=O) groups is 1. The SMILES string of the molecule is O=C(Nc1cccc(C(F)(F)F)c1)OCc1ccc(CC2C=NC=N2)cc1. The molecule has 1 atom stereocenters. The van der Waals surface area contributed by atoms with Crippen molar-refractivity contribution in [1.82, 2.24) is 0 Å². The lowest BCUT2D eigenvalue weighted by Gasteiger charge is -2.10. The molecule has 0 radical (unpaired) electrons. The van der Waals surface area contributed by atoms with Crippen LogP contribution >= 0.6 is 0 Å². The second-order valence-corrected chi connectivity index (χ2v) is 5.93. The maximum atomic E-state index is 12.7. The van der Waals surface area contributed by atoms with Crippen LogP contribution in [0.1, 0.15) is 16.7 Å². The number of nitrogens with zero attached hydrogens (tertiary/aromatic N) is 2. The number of aliphatic imine (C=N–C) groups is 2. The molecule has 0 aromatic heterocycles. The van der Waals surface area contributed by atoms with Gasteiger partial charge in [0.05, 0.1) is 11.6 Å². The summed E-state index contributed by atoms with van der Waals surface area (Å²) in [5, 5.41) is 2.29. The Bertz CT molecular complexity index is 849. The van der Waals surface area contributed by atoms with Gasteiger partial charge in [-0.2, -0.15) is 13.2 Å². The van der Waals surface area contributed by atoms with Crippen LogP contribution in [0.25, 0.3) is 0 Å². The fourth-order valence-electron chi connectivity index (χ4n) is 2.50. The monoisotopic (exact) mass is 375 g/mol. The minimum atomic E-state index is -4.47. The van der Waals surface area contributed by atoms with Gasteiger partial charge >= 0.3 is 12.3 Å². The molecule has 0 saturated carbocycles. The van der Waals surface area contributed by atoms with Crippen LogP contribution in [0.5, 0.6) is 0 Å². The Labute approximate surface area is 153 Å². The molecule has 1 heterocycles. The normalized spacial score (nSPS) is 15.7. The first-order valence-corrected chi connectivity index (χ1v) is 8.14. The zero-order valence-corrected chi connectivity index (χ0v) is 14.1. The van der Waals surface area contributed by atoms with Crippen molar-refractivity contribution in [2.45, 2.75) is 25.2 Å². The topological polar surface area (TPSA) is 63.0 Å².